The maximum atomic E-state index is 11.2. The fourth-order valence-electron chi connectivity index (χ4n) is 3.06. The zero-order valence-electron chi connectivity index (χ0n) is 13.5. The van der Waals surface area contributed by atoms with Crippen molar-refractivity contribution in [3.05, 3.63) is 52.5 Å². The van der Waals surface area contributed by atoms with Crippen LogP contribution in [0.25, 0.3) is 16.7 Å². The summed E-state index contributed by atoms with van der Waals surface area (Å²) >= 11 is 12.5. The van der Waals surface area contributed by atoms with Gasteiger partial charge in [0.2, 0.25) is 0 Å². The molecule has 1 fully saturated rings. The van der Waals surface area contributed by atoms with Crippen LogP contribution < -0.4 is 0 Å². The molecule has 1 saturated heterocycles. The van der Waals surface area contributed by atoms with E-state index in [1.54, 1.807) is 10.6 Å². The van der Waals surface area contributed by atoms with Gasteiger partial charge < -0.3 is 14.7 Å². The minimum Gasteiger partial charge on any atom is -0.465 e. The number of aromatic nitrogens is 3. The molecule has 1 amide bonds. The molecule has 3 aromatic rings. The highest BCUT2D eigenvalue weighted by Gasteiger charge is 2.25. The van der Waals surface area contributed by atoms with Crippen LogP contribution in [-0.4, -0.2) is 50.3 Å². The van der Waals surface area contributed by atoms with Crippen LogP contribution >= 0.6 is 23.2 Å². The zero-order valence-corrected chi connectivity index (χ0v) is 15.0. The van der Waals surface area contributed by atoms with E-state index in [-0.39, 0.29) is 6.10 Å². The number of halogens is 2. The van der Waals surface area contributed by atoms with Crippen LogP contribution in [0.1, 0.15) is 11.7 Å². The van der Waals surface area contributed by atoms with Crippen molar-refractivity contribution >= 4 is 40.3 Å². The molecule has 4 rings (SSSR count). The lowest BCUT2D eigenvalue weighted by Crippen LogP contribution is -2.41. The summed E-state index contributed by atoms with van der Waals surface area (Å²) in [5, 5.41) is 10.6. The Morgan fingerprint density at radius 1 is 1.23 bits per heavy atom. The molecular weight excluding hydrogens is 379 g/mol. The number of morpholine rings is 1. The summed E-state index contributed by atoms with van der Waals surface area (Å²) in [6, 6.07) is 9.30. The average molecular weight is 393 g/mol. The molecule has 26 heavy (non-hydrogen) atoms. The van der Waals surface area contributed by atoms with Gasteiger partial charge in [0.1, 0.15) is 22.7 Å². The number of benzene rings is 1. The fraction of sp³-hybridized carbons (Fsp3) is 0.235. The number of hydrogen-bond donors (Lipinski definition) is 1. The number of carboxylic acid groups (broad SMARTS) is 1. The van der Waals surface area contributed by atoms with Crippen LogP contribution in [0.4, 0.5) is 4.79 Å². The molecule has 1 atom stereocenters. The smallest absolute Gasteiger partial charge is 0.407 e. The molecule has 0 saturated carbocycles. The average Bonchev–Trinajstić information content (AvgIpc) is 2.99. The molecule has 0 radical (unpaired) electrons. The molecule has 9 heteroatoms. The van der Waals surface area contributed by atoms with E-state index in [0.29, 0.717) is 41.0 Å². The van der Waals surface area contributed by atoms with Gasteiger partial charge in [-0.1, -0.05) is 35.3 Å². The monoisotopic (exact) mass is 392 g/mol. The first-order chi connectivity index (χ1) is 12.5. The van der Waals surface area contributed by atoms with E-state index in [4.69, 9.17) is 33.0 Å². The molecule has 1 aliphatic heterocycles. The first kappa shape index (κ1) is 17.1. The predicted molar refractivity (Wildman–Crippen MR) is 97.2 cm³/mol. The molecule has 1 unspecified atom stereocenters. The number of fused-ring (bicyclic) bond motifs is 1. The lowest BCUT2D eigenvalue weighted by Gasteiger charge is -2.31. The Bertz CT molecular complexity index is 974. The Hall–Kier alpha value is -2.35. The van der Waals surface area contributed by atoms with Crippen LogP contribution in [0.15, 0.2) is 36.7 Å². The minimum absolute atomic E-state index is 0.289. The third-order valence-corrected chi connectivity index (χ3v) is 4.94. The first-order valence-corrected chi connectivity index (χ1v) is 8.67. The van der Waals surface area contributed by atoms with Crippen molar-refractivity contribution in [2.24, 2.45) is 0 Å². The van der Waals surface area contributed by atoms with Gasteiger partial charge in [0.25, 0.3) is 0 Å². The van der Waals surface area contributed by atoms with Crippen molar-refractivity contribution in [2.75, 3.05) is 19.7 Å². The lowest BCUT2D eigenvalue weighted by molar-refractivity contribution is -0.0232. The summed E-state index contributed by atoms with van der Waals surface area (Å²) in [6.45, 7) is 1.07. The van der Waals surface area contributed by atoms with Gasteiger partial charge >= 0.3 is 6.09 Å². The molecule has 7 nitrogen and oxygen atoms in total. The number of carbonyl (C=O) groups is 1. The van der Waals surface area contributed by atoms with Gasteiger partial charge in [0.05, 0.1) is 18.5 Å². The number of rotatable bonds is 2. The van der Waals surface area contributed by atoms with Gasteiger partial charge in [-0.15, -0.1) is 0 Å². The Morgan fingerprint density at radius 2 is 2.00 bits per heavy atom. The van der Waals surface area contributed by atoms with Gasteiger partial charge in [-0.2, -0.15) is 0 Å². The van der Waals surface area contributed by atoms with Gasteiger partial charge in [-0.25, -0.2) is 14.8 Å². The van der Waals surface area contributed by atoms with Crippen LogP contribution in [0, 0.1) is 0 Å². The van der Waals surface area contributed by atoms with Crippen molar-refractivity contribution in [3.63, 3.8) is 0 Å². The molecule has 3 heterocycles. The minimum atomic E-state index is -0.933. The summed E-state index contributed by atoms with van der Waals surface area (Å²) in [4.78, 5) is 20.8. The van der Waals surface area contributed by atoms with Gasteiger partial charge in [0.15, 0.2) is 5.65 Å². The van der Waals surface area contributed by atoms with Crippen LogP contribution in [0.2, 0.25) is 10.3 Å². The van der Waals surface area contributed by atoms with Gasteiger partial charge in [-0.05, 0) is 23.8 Å². The van der Waals surface area contributed by atoms with Crippen LogP contribution in [-0.2, 0) is 4.74 Å². The number of nitrogens with zero attached hydrogens (tertiary/aromatic N) is 4. The standard InChI is InChI=1S/C17H14Cl2N4O3/c18-14-7-12-15(19)20-9-21-16(12)23(14)11-3-1-10(2-4-11)13-8-22(17(24)25)5-6-26-13/h1-4,7,9,13H,5-6,8H2,(H,24,25). The van der Waals surface area contributed by atoms with E-state index >= 15 is 0 Å². The molecule has 1 aliphatic rings. The SMILES string of the molecule is O=C(O)N1CCOC(c2ccc(-n3c(Cl)cc4c(Cl)ncnc43)cc2)C1. The van der Waals surface area contributed by atoms with Crippen molar-refractivity contribution in [3.8, 4) is 5.69 Å². The molecule has 0 bridgehead atoms. The summed E-state index contributed by atoms with van der Waals surface area (Å²) in [6.07, 6.45) is 0.169. The molecule has 2 aromatic heterocycles. The van der Waals surface area contributed by atoms with E-state index < -0.39 is 6.09 Å². The molecule has 0 spiro atoms. The van der Waals surface area contributed by atoms with E-state index in [2.05, 4.69) is 9.97 Å². The topological polar surface area (TPSA) is 80.5 Å². The molecule has 134 valence electrons. The van der Waals surface area contributed by atoms with E-state index in [1.807, 2.05) is 24.3 Å². The normalized spacial score (nSPS) is 17.6. The first-order valence-electron chi connectivity index (χ1n) is 7.92. The van der Waals surface area contributed by atoms with Crippen molar-refractivity contribution in [1.82, 2.24) is 19.4 Å². The fourth-order valence-corrected chi connectivity index (χ4v) is 3.53. The number of amides is 1. The third kappa shape index (κ3) is 2.98. The summed E-state index contributed by atoms with van der Waals surface area (Å²) in [7, 11) is 0. The van der Waals surface area contributed by atoms with Crippen LogP contribution in [0.3, 0.4) is 0 Å². The number of hydrogen-bond acceptors (Lipinski definition) is 4. The maximum Gasteiger partial charge on any atom is 0.407 e. The Labute approximate surface area is 158 Å². The van der Waals surface area contributed by atoms with E-state index in [1.165, 1.54) is 11.2 Å². The second-order valence-corrected chi connectivity index (χ2v) is 6.63. The molecule has 1 aromatic carbocycles. The van der Waals surface area contributed by atoms with Crippen molar-refractivity contribution < 1.29 is 14.6 Å². The van der Waals surface area contributed by atoms with Crippen LogP contribution in [0.5, 0.6) is 0 Å². The zero-order chi connectivity index (χ0) is 18.3. The molecular formula is C17H14Cl2N4O3. The summed E-state index contributed by atoms with van der Waals surface area (Å²) in [5.74, 6) is 0. The van der Waals surface area contributed by atoms with Gasteiger partial charge in [0, 0.05) is 12.2 Å². The van der Waals surface area contributed by atoms with Crippen molar-refractivity contribution in [2.45, 2.75) is 6.10 Å². The highest BCUT2D eigenvalue weighted by atomic mass is 35.5. The maximum absolute atomic E-state index is 11.2. The third-order valence-electron chi connectivity index (χ3n) is 4.36. The second-order valence-electron chi connectivity index (χ2n) is 5.88. The molecule has 0 aliphatic carbocycles. The van der Waals surface area contributed by atoms with Gasteiger partial charge in [-0.3, -0.25) is 4.57 Å². The Morgan fingerprint density at radius 3 is 2.73 bits per heavy atom. The predicted octanol–water partition coefficient (Wildman–Crippen LogP) is 3.78. The van der Waals surface area contributed by atoms with E-state index in [9.17, 15) is 4.79 Å². The second kappa shape index (κ2) is 6.75. The summed E-state index contributed by atoms with van der Waals surface area (Å²) in [5.41, 5.74) is 2.34. The quantitative estimate of drug-likeness (QED) is 0.671. The highest BCUT2D eigenvalue weighted by molar-refractivity contribution is 6.36. The Kier molecular flexibility index (Phi) is 4.44. The Balaban J connectivity index is 1.66. The van der Waals surface area contributed by atoms with Crippen molar-refractivity contribution in [1.29, 1.82) is 0 Å². The number of ether oxygens (including phenoxy) is 1. The lowest BCUT2D eigenvalue weighted by atomic mass is 10.1. The summed E-state index contributed by atoms with van der Waals surface area (Å²) < 4.78 is 7.49. The van der Waals surface area contributed by atoms with E-state index in [0.717, 1.165) is 11.3 Å². The highest BCUT2D eigenvalue weighted by Crippen LogP contribution is 2.30. The largest absolute Gasteiger partial charge is 0.465 e. The molecule has 1 N–H and O–H groups in total.